The van der Waals surface area contributed by atoms with Crippen LogP contribution in [0.25, 0.3) is 22.0 Å². The molecule has 3 rings (SSSR count). The number of benzene rings is 2. The molecule has 112 valence electrons. The number of nitrogens with zero attached hydrogens (tertiary/aromatic N) is 3. The van der Waals surface area contributed by atoms with Crippen molar-refractivity contribution in [3.05, 3.63) is 65.3 Å². The minimum atomic E-state index is -1.02. The van der Waals surface area contributed by atoms with Crippen LogP contribution in [0, 0.1) is 0 Å². The predicted molar refractivity (Wildman–Crippen MR) is 89.4 cm³/mol. The van der Waals surface area contributed by atoms with Gasteiger partial charge in [-0.3, -0.25) is 10.9 Å². The number of aromatic carboxylic acids is 1. The molecule has 1 heterocycles. The summed E-state index contributed by atoms with van der Waals surface area (Å²) in [6.07, 6.45) is 1.37. The summed E-state index contributed by atoms with van der Waals surface area (Å²) in [7, 11) is 0. The first-order valence-electron chi connectivity index (χ1n) is 6.77. The second-order valence-electron chi connectivity index (χ2n) is 4.74. The van der Waals surface area contributed by atoms with Gasteiger partial charge in [0.25, 0.3) is 0 Å². The number of aliphatic imine (C=N–C) groups is 1. The number of para-hydroxylation sites is 2. The Hall–Kier alpha value is -3.50. The summed E-state index contributed by atoms with van der Waals surface area (Å²) in [5.74, 6) is 1.44. The molecule has 0 saturated carbocycles. The van der Waals surface area contributed by atoms with Crippen LogP contribution in [-0.4, -0.2) is 33.1 Å². The summed E-state index contributed by atoms with van der Waals surface area (Å²) in [4.78, 5) is 22.5. The van der Waals surface area contributed by atoms with Gasteiger partial charge in [0, 0.05) is 6.21 Å². The average molecular weight is 303 g/mol. The third-order valence-corrected chi connectivity index (χ3v) is 3.20. The Morgan fingerprint density at radius 2 is 2.09 bits per heavy atom. The van der Waals surface area contributed by atoms with E-state index in [-0.39, 0.29) is 11.1 Å². The molecule has 0 aliphatic heterocycles. The van der Waals surface area contributed by atoms with Gasteiger partial charge < -0.3 is 15.5 Å². The zero-order valence-electron chi connectivity index (χ0n) is 11.9. The summed E-state index contributed by atoms with van der Waals surface area (Å²) in [5.41, 5.74) is 2.45. The highest BCUT2D eigenvalue weighted by Gasteiger charge is 2.05. The van der Waals surface area contributed by atoms with Crippen molar-refractivity contribution >= 4 is 40.3 Å². The first kappa shape index (κ1) is 14.4. The van der Waals surface area contributed by atoms with E-state index in [4.69, 9.17) is 5.11 Å². The number of carboxylic acid groups (broad SMARTS) is 1. The Kier molecular flexibility index (Phi) is 3.82. The fraction of sp³-hybridized carbons (Fsp3) is 0. The number of carbonyl (C=O) groups is 1. The highest BCUT2D eigenvalue weighted by atomic mass is 16.4. The number of hydrogen-bond acceptors (Lipinski definition) is 3. The Morgan fingerprint density at radius 1 is 1.26 bits per heavy atom. The molecule has 0 bridgehead atoms. The molecule has 23 heavy (non-hydrogen) atoms. The topological polar surface area (TPSA) is 101 Å². The lowest BCUT2D eigenvalue weighted by atomic mass is 10.2. The highest BCUT2D eigenvalue weighted by molar-refractivity contribution is 6.21. The number of aromatic nitrogens is 2. The van der Waals surface area contributed by atoms with Gasteiger partial charge in [0.05, 0.1) is 27.9 Å². The van der Waals surface area contributed by atoms with E-state index in [2.05, 4.69) is 15.0 Å². The number of H-pyrrole nitrogens is 1. The molecular formula is C17H11N4O2-. The number of rotatable bonds is 4. The molecule has 0 aliphatic carbocycles. The van der Waals surface area contributed by atoms with Gasteiger partial charge in [-0.05, 0) is 30.3 Å². The molecule has 0 aliphatic rings. The van der Waals surface area contributed by atoms with Crippen LogP contribution in [-0.2, 0) is 0 Å². The SMILES string of the molecule is [N-]=C=C(C=Nc1cccc(C(=O)O)c1)c1nc2ccccc2[nH]1. The Morgan fingerprint density at radius 3 is 2.83 bits per heavy atom. The van der Waals surface area contributed by atoms with E-state index in [1.165, 1.54) is 18.3 Å². The second-order valence-corrected chi connectivity index (χ2v) is 4.74. The minimum Gasteiger partial charge on any atom is -0.763 e. The van der Waals surface area contributed by atoms with Gasteiger partial charge in [0.2, 0.25) is 0 Å². The lowest BCUT2D eigenvalue weighted by Crippen LogP contribution is -1.94. The average Bonchev–Trinajstić information content (AvgIpc) is 2.99. The molecule has 6 heteroatoms. The van der Waals surface area contributed by atoms with E-state index in [1.807, 2.05) is 30.1 Å². The normalized spacial score (nSPS) is 10.8. The smallest absolute Gasteiger partial charge is 0.335 e. The fourth-order valence-corrected chi connectivity index (χ4v) is 2.08. The number of hydrogen-bond donors (Lipinski definition) is 2. The molecule has 1 aromatic heterocycles. The summed E-state index contributed by atoms with van der Waals surface area (Å²) in [6, 6.07) is 13.6. The fourth-order valence-electron chi connectivity index (χ4n) is 2.08. The van der Waals surface area contributed by atoms with Gasteiger partial charge >= 0.3 is 5.97 Å². The Bertz CT molecular complexity index is 932. The molecule has 0 atom stereocenters. The van der Waals surface area contributed by atoms with Gasteiger partial charge in [0.15, 0.2) is 0 Å². The van der Waals surface area contributed by atoms with Crippen molar-refractivity contribution in [3.8, 4) is 0 Å². The van der Waals surface area contributed by atoms with Gasteiger partial charge in [0.1, 0.15) is 5.82 Å². The molecule has 0 spiro atoms. The van der Waals surface area contributed by atoms with Crippen LogP contribution >= 0.6 is 0 Å². The van der Waals surface area contributed by atoms with Crippen molar-refractivity contribution in [2.24, 2.45) is 4.99 Å². The largest absolute Gasteiger partial charge is 0.763 e. The zero-order valence-corrected chi connectivity index (χ0v) is 11.9. The molecule has 2 N–H and O–H groups in total. The van der Waals surface area contributed by atoms with Crippen LogP contribution < -0.4 is 0 Å². The van der Waals surface area contributed by atoms with Crippen LogP contribution in [0.3, 0.4) is 0 Å². The van der Waals surface area contributed by atoms with Crippen molar-refractivity contribution in [2.75, 3.05) is 0 Å². The van der Waals surface area contributed by atoms with Crippen LogP contribution in [0.4, 0.5) is 5.69 Å². The van der Waals surface area contributed by atoms with E-state index in [9.17, 15) is 10.2 Å². The Labute approximate surface area is 131 Å². The third kappa shape index (κ3) is 3.07. The molecule has 3 aromatic rings. The van der Waals surface area contributed by atoms with Gasteiger partial charge in [-0.25, -0.2) is 9.78 Å². The molecule has 2 aromatic carbocycles. The molecule has 6 nitrogen and oxygen atoms in total. The van der Waals surface area contributed by atoms with Crippen molar-refractivity contribution < 1.29 is 9.90 Å². The maximum absolute atomic E-state index is 10.9. The second kappa shape index (κ2) is 6.09. The number of carboxylic acids is 1. The maximum Gasteiger partial charge on any atom is 0.335 e. The minimum absolute atomic E-state index is 0.141. The van der Waals surface area contributed by atoms with Crippen molar-refractivity contribution in [1.29, 1.82) is 0 Å². The van der Waals surface area contributed by atoms with Gasteiger partial charge in [-0.15, -0.1) is 0 Å². The standard InChI is InChI=1S/C17H11N4O2/c18-9-12(16-20-14-6-1-2-7-15(14)21-16)10-19-13-5-3-4-11(8-13)17(22)23/h1-8,10H,(H,20,21)(H,22,23)/q-1. The predicted octanol–water partition coefficient (Wildman–Crippen LogP) is 3.29. The van der Waals surface area contributed by atoms with Crippen LogP contribution in [0.2, 0.25) is 0 Å². The number of allylic oxidation sites excluding steroid dienone is 1. The van der Waals surface area contributed by atoms with Crippen molar-refractivity contribution in [2.45, 2.75) is 0 Å². The Balaban J connectivity index is 1.92. The quantitative estimate of drug-likeness (QED) is 0.723. The molecular weight excluding hydrogens is 292 g/mol. The van der Waals surface area contributed by atoms with E-state index in [0.29, 0.717) is 11.5 Å². The highest BCUT2D eigenvalue weighted by Crippen LogP contribution is 2.17. The van der Waals surface area contributed by atoms with Gasteiger partial charge in [-0.2, -0.15) is 0 Å². The third-order valence-electron chi connectivity index (χ3n) is 3.20. The lowest BCUT2D eigenvalue weighted by molar-refractivity contribution is 0.0697. The van der Waals surface area contributed by atoms with Crippen molar-refractivity contribution in [1.82, 2.24) is 9.97 Å². The first-order valence-corrected chi connectivity index (χ1v) is 6.77. The van der Waals surface area contributed by atoms with E-state index < -0.39 is 5.97 Å². The number of imidazole rings is 1. The first-order chi connectivity index (χ1) is 11.2. The monoisotopic (exact) mass is 303 g/mol. The van der Waals surface area contributed by atoms with Gasteiger partial charge in [-0.1, -0.05) is 18.2 Å². The number of nitrogens with one attached hydrogen (secondary N) is 1. The van der Waals surface area contributed by atoms with Crippen LogP contribution in [0.5, 0.6) is 0 Å². The zero-order chi connectivity index (χ0) is 16.2. The molecule has 0 fully saturated rings. The molecule has 0 unspecified atom stereocenters. The molecule has 0 radical (unpaired) electrons. The van der Waals surface area contributed by atoms with E-state index in [0.717, 1.165) is 11.0 Å². The number of fused-ring (bicyclic) bond motifs is 1. The van der Waals surface area contributed by atoms with Crippen LogP contribution in [0.15, 0.2) is 53.5 Å². The summed E-state index contributed by atoms with van der Waals surface area (Å²) in [6.45, 7) is 0. The lowest BCUT2D eigenvalue weighted by Gasteiger charge is -1.98. The molecule has 0 amide bonds. The summed E-state index contributed by atoms with van der Waals surface area (Å²) in [5, 5.41) is 18.3. The van der Waals surface area contributed by atoms with Crippen LogP contribution in [0.1, 0.15) is 16.2 Å². The summed E-state index contributed by atoms with van der Waals surface area (Å²) >= 11 is 0. The molecule has 0 saturated heterocycles. The van der Waals surface area contributed by atoms with E-state index >= 15 is 0 Å². The maximum atomic E-state index is 10.9. The van der Waals surface area contributed by atoms with E-state index in [1.54, 1.807) is 12.1 Å². The van der Waals surface area contributed by atoms with Crippen molar-refractivity contribution in [3.63, 3.8) is 0 Å². The number of aromatic amines is 1. The summed E-state index contributed by atoms with van der Waals surface area (Å²) < 4.78 is 0.